The van der Waals surface area contributed by atoms with Crippen LogP contribution in [0.15, 0.2) is 70.3 Å². The van der Waals surface area contributed by atoms with Crippen LogP contribution in [0.4, 0.5) is 0 Å². The minimum atomic E-state index is -3.75. The van der Waals surface area contributed by atoms with Gasteiger partial charge in [0.2, 0.25) is 15.9 Å². The fourth-order valence-electron chi connectivity index (χ4n) is 3.01. The van der Waals surface area contributed by atoms with Gasteiger partial charge in [-0.1, -0.05) is 57.2 Å². The number of benzene rings is 2. The van der Waals surface area contributed by atoms with Crippen LogP contribution in [-0.4, -0.2) is 20.9 Å². The van der Waals surface area contributed by atoms with E-state index in [2.05, 4.69) is 36.2 Å². The highest BCUT2D eigenvalue weighted by Crippen LogP contribution is 2.26. The van der Waals surface area contributed by atoms with Crippen molar-refractivity contribution in [3.8, 4) is 11.1 Å². The van der Waals surface area contributed by atoms with Gasteiger partial charge < -0.3 is 5.32 Å². The van der Waals surface area contributed by atoms with E-state index in [-0.39, 0.29) is 22.8 Å². The molecule has 158 valence electrons. The number of sulfonamides is 1. The second-order valence-corrected chi connectivity index (χ2v) is 10.6. The van der Waals surface area contributed by atoms with Crippen molar-refractivity contribution in [3.63, 3.8) is 0 Å². The minimum Gasteiger partial charge on any atom is -0.351 e. The van der Waals surface area contributed by atoms with Crippen LogP contribution in [0.1, 0.15) is 31.9 Å². The number of nitrogens with one attached hydrogen (secondary N) is 2. The summed E-state index contributed by atoms with van der Waals surface area (Å²) in [5.74, 6) is -0.384. The number of hydrogen-bond acceptors (Lipinski definition) is 4. The molecule has 7 heteroatoms. The Morgan fingerprint density at radius 2 is 1.70 bits per heavy atom. The van der Waals surface area contributed by atoms with Crippen LogP contribution in [0.5, 0.6) is 0 Å². The first-order chi connectivity index (χ1) is 14.2. The molecule has 2 aromatic carbocycles. The minimum absolute atomic E-state index is 0.0606. The van der Waals surface area contributed by atoms with Gasteiger partial charge in [-0.3, -0.25) is 4.79 Å². The topological polar surface area (TPSA) is 75.3 Å². The first-order valence-electron chi connectivity index (χ1n) is 9.64. The van der Waals surface area contributed by atoms with Crippen molar-refractivity contribution in [3.05, 3.63) is 76.5 Å². The number of hydrogen-bond donors (Lipinski definition) is 2. The Bertz CT molecular complexity index is 1100. The fraction of sp³-hybridized carbons (Fsp3) is 0.261. The molecule has 1 heterocycles. The maximum Gasteiger partial charge on any atom is 0.241 e. The van der Waals surface area contributed by atoms with Gasteiger partial charge in [0.05, 0.1) is 11.4 Å². The molecule has 0 saturated heterocycles. The van der Waals surface area contributed by atoms with E-state index < -0.39 is 10.0 Å². The van der Waals surface area contributed by atoms with Crippen LogP contribution in [0.25, 0.3) is 11.1 Å². The van der Waals surface area contributed by atoms with E-state index in [9.17, 15) is 13.2 Å². The molecule has 0 aliphatic heterocycles. The Hall–Kier alpha value is -2.48. The number of thiophene rings is 1. The molecule has 1 amide bonds. The molecule has 0 radical (unpaired) electrons. The summed E-state index contributed by atoms with van der Waals surface area (Å²) < 4.78 is 27.4. The Labute approximate surface area is 182 Å². The molecular weight excluding hydrogens is 416 g/mol. The molecule has 3 rings (SSSR count). The number of carbonyl (C=O) groups excluding carboxylic acids is 1. The van der Waals surface area contributed by atoms with Crippen molar-refractivity contribution < 1.29 is 13.2 Å². The molecule has 0 saturated carbocycles. The summed E-state index contributed by atoms with van der Waals surface area (Å²) in [5, 5.41) is 6.85. The molecule has 30 heavy (non-hydrogen) atoms. The van der Waals surface area contributed by atoms with Gasteiger partial charge in [-0.15, -0.1) is 0 Å². The molecule has 0 spiro atoms. The summed E-state index contributed by atoms with van der Waals surface area (Å²) in [4.78, 5) is 12.4. The zero-order chi connectivity index (χ0) is 21.8. The maximum atomic E-state index is 12.5. The second kappa shape index (κ2) is 9.12. The van der Waals surface area contributed by atoms with Crippen molar-refractivity contribution in [1.29, 1.82) is 0 Å². The molecule has 0 atom stereocenters. The number of carbonyl (C=O) groups is 1. The van der Waals surface area contributed by atoms with Gasteiger partial charge in [0.15, 0.2) is 0 Å². The normalized spacial score (nSPS) is 12.0. The molecule has 0 fully saturated rings. The molecule has 0 aliphatic carbocycles. The Kier molecular flexibility index (Phi) is 6.75. The Morgan fingerprint density at radius 1 is 1.00 bits per heavy atom. The third-order valence-corrected chi connectivity index (χ3v) is 6.88. The van der Waals surface area contributed by atoms with Gasteiger partial charge in [0, 0.05) is 6.54 Å². The highest BCUT2D eigenvalue weighted by Gasteiger charge is 2.18. The van der Waals surface area contributed by atoms with E-state index >= 15 is 0 Å². The second-order valence-electron chi connectivity index (χ2n) is 8.04. The van der Waals surface area contributed by atoms with E-state index in [0.717, 1.165) is 22.3 Å². The van der Waals surface area contributed by atoms with E-state index in [4.69, 9.17) is 0 Å². The fourth-order valence-corrected chi connectivity index (χ4v) is 4.65. The number of rotatable bonds is 7. The quantitative estimate of drug-likeness (QED) is 0.573. The van der Waals surface area contributed by atoms with Crippen LogP contribution in [-0.2, 0) is 26.8 Å². The van der Waals surface area contributed by atoms with E-state index in [1.807, 2.05) is 35.7 Å². The lowest BCUT2D eigenvalue weighted by molar-refractivity contribution is -0.120. The SMILES string of the molecule is CC(C)(C)c1ccc(S(=O)(=O)NCC(=O)NCc2ccccc2-c2ccsc2)cc1. The van der Waals surface area contributed by atoms with Crippen LogP contribution in [0.3, 0.4) is 0 Å². The van der Waals surface area contributed by atoms with Crippen LogP contribution < -0.4 is 10.0 Å². The summed E-state index contributed by atoms with van der Waals surface area (Å²) in [6, 6.07) is 16.6. The van der Waals surface area contributed by atoms with Crippen molar-refractivity contribution in [1.82, 2.24) is 10.0 Å². The standard InChI is InChI=1S/C23H26N2O3S2/c1-23(2,3)19-8-10-20(11-9-19)30(27,28)25-15-22(26)24-14-17-6-4-5-7-21(17)18-12-13-29-16-18/h4-13,16,25H,14-15H2,1-3H3,(H,24,26). The highest BCUT2D eigenvalue weighted by atomic mass is 32.2. The summed E-state index contributed by atoms with van der Waals surface area (Å²) in [5.41, 5.74) is 4.12. The largest absolute Gasteiger partial charge is 0.351 e. The number of amides is 1. The molecule has 2 N–H and O–H groups in total. The molecule has 0 aliphatic rings. The van der Waals surface area contributed by atoms with Gasteiger partial charge >= 0.3 is 0 Å². The monoisotopic (exact) mass is 442 g/mol. The molecule has 3 aromatic rings. The van der Waals surface area contributed by atoms with E-state index in [1.54, 1.807) is 35.6 Å². The summed E-state index contributed by atoms with van der Waals surface area (Å²) in [6.45, 7) is 6.21. The first kappa shape index (κ1) is 22.2. The summed E-state index contributed by atoms with van der Waals surface area (Å²) in [7, 11) is -3.75. The van der Waals surface area contributed by atoms with Crippen molar-refractivity contribution >= 4 is 27.3 Å². The molecular formula is C23H26N2O3S2. The lowest BCUT2D eigenvalue weighted by atomic mass is 9.87. The van der Waals surface area contributed by atoms with Crippen LogP contribution >= 0.6 is 11.3 Å². The van der Waals surface area contributed by atoms with Crippen molar-refractivity contribution in [2.45, 2.75) is 37.6 Å². The van der Waals surface area contributed by atoms with Gasteiger partial charge in [0.25, 0.3) is 0 Å². The molecule has 1 aromatic heterocycles. The predicted molar refractivity (Wildman–Crippen MR) is 122 cm³/mol. The molecule has 5 nitrogen and oxygen atoms in total. The highest BCUT2D eigenvalue weighted by molar-refractivity contribution is 7.89. The smallest absolute Gasteiger partial charge is 0.241 e. The van der Waals surface area contributed by atoms with Crippen LogP contribution in [0.2, 0.25) is 0 Å². The van der Waals surface area contributed by atoms with Gasteiger partial charge in [-0.05, 0) is 56.6 Å². The van der Waals surface area contributed by atoms with Crippen molar-refractivity contribution in [2.24, 2.45) is 0 Å². The zero-order valence-electron chi connectivity index (χ0n) is 17.3. The Balaban J connectivity index is 1.59. The van der Waals surface area contributed by atoms with E-state index in [1.165, 1.54) is 0 Å². The lowest BCUT2D eigenvalue weighted by Crippen LogP contribution is -2.36. The van der Waals surface area contributed by atoms with Gasteiger partial charge in [0.1, 0.15) is 0 Å². The third-order valence-electron chi connectivity index (χ3n) is 4.78. The summed E-state index contributed by atoms with van der Waals surface area (Å²) in [6.07, 6.45) is 0. The van der Waals surface area contributed by atoms with Crippen LogP contribution in [0, 0.1) is 0 Å². The van der Waals surface area contributed by atoms with Crippen molar-refractivity contribution in [2.75, 3.05) is 6.54 Å². The third kappa shape index (κ3) is 5.56. The van der Waals surface area contributed by atoms with Gasteiger partial charge in [-0.2, -0.15) is 11.3 Å². The molecule has 0 unspecified atom stereocenters. The zero-order valence-corrected chi connectivity index (χ0v) is 18.9. The Morgan fingerprint density at radius 3 is 2.33 bits per heavy atom. The maximum absolute atomic E-state index is 12.5. The summed E-state index contributed by atoms with van der Waals surface area (Å²) >= 11 is 1.61. The first-order valence-corrected chi connectivity index (χ1v) is 12.1. The molecule has 0 bridgehead atoms. The lowest BCUT2D eigenvalue weighted by Gasteiger charge is -2.19. The van der Waals surface area contributed by atoms with E-state index in [0.29, 0.717) is 6.54 Å². The predicted octanol–water partition coefficient (Wildman–Crippen LogP) is 4.31. The van der Waals surface area contributed by atoms with Gasteiger partial charge in [-0.25, -0.2) is 13.1 Å². The average Bonchev–Trinajstić information content (AvgIpc) is 3.25. The average molecular weight is 443 g/mol.